The quantitative estimate of drug-likeness (QED) is 0.411. The summed E-state index contributed by atoms with van der Waals surface area (Å²) >= 11 is 0. The van der Waals surface area contributed by atoms with Crippen LogP contribution in [0.1, 0.15) is 26.2 Å². The van der Waals surface area contributed by atoms with Crippen LogP contribution in [-0.4, -0.2) is 16.5 Å². The maximum absolute atomic E-state index is 10.6. The number of unbranched alkanes of at least 4 members (excludes halogenated alkanes) is 2. The van der Waals surface area contributed by atoms with Gasteiger partial charge in [0.2, 0.25) is 0 Å². The molecule has 0 aliphatic rings. The lowest BCUT2D eigenvalue weighted by molar-refractivity contribution is -0.386. The molecule has 0 aliphatic carbocycles. The molecule has 5 heteroatoms. The summed E-state index contributed by atoms with van der Waals surface area (Å²) in [5.74, 6) is 0.110. The highest BCUT2D eigenvalue weighted by Crippen LogP contribution is 2.22. The third-order valence-corrected chi connectivity index (χ3v) is 1.93. The summed E-state index contributed by atoms with van der Waals surface area (Å²) < 4.78 is 5.25. The molecule has 0 atom stereocenters. The zero-order valence-corrected chi connectivity index (χ0v) is 8.68. The van der Waals surface area contributed by atoms with Crippen molar-refractivity contribution < 1.29 is 9.66 Å². The lowest BCUT2D eigenvalue weighted by Crippen LogP contribution is -2.02. The van der Waals surface area contributed by atoms with Gasteiger partial charge in [0.1, 0.15) is 0 Å². The van der Waals surface area contributed by atoms with Crippen LogP contribution in [0.5, 0.6) is 5.88 Å². The van der Waals surface area contributed by atoms with Gasteiger partial charge in [-0.2, -0.15) is 0 Å². The lowest BCUT2D eigenvalue weighted by Gasteiger charge is -2.04. The van der Waals surface area contributed by atoms with E-state index in [1.54, 1.807) is 0 Å². The number of rotatable bonds is 6. The second kappa shape index (κ2) is 5.95. The van der Waals surface area contributed by atoms with E-state index in [1.807, 2.05) is 0 Å². The van der Waals surface area contributed by atoms with Crippen molar-refractivity contribution in [1.29, 1.82) is 0 Å². The zero-order chi connectivity index (χ0) is 11.1. The van der Waals surface area contributed by atoms with Crippen molar-refractivity contribution >= 4 is 5.69 Å². The minimum absolute atomic E-state index is 0.0750. The Kier molecular flexibility index (Phi) is 4.53. The fourth-order valence-corrected chi connectivity index (χ4v) is 1.15. The molecule has 0 spiro atoms. The van der Waals surface area contributed by atoms with E-state index in [4.69, 9.17) is 4.74 Å². The monoisotopic (exact) mass is 210 g/mol. The van der Waals surface area contributed by atoms with Crippen molar-refractivity contribution in [3.8, 4) is 5.88 Å². The number of nitro groups is 1. The molecule has 0 aromatic carbocycles. The molecule has 1 heterocycles. The highest BCUT2D eigenvalue weighted by molar-refractivity contribution is 5.39. The van der Waals surface area contributed by atoms with Gasteiger partial charge < -0.3 is 4.74 Å². The Balaban J connectivity index is 2.56. The molecule has 0 N–H and O–H groups in total. The smallest absolute Gasteiger partial charge is 0.330 e. The van der Waals surface area contributed by atoms with E-state index < -0.39 is 4.92 Å². The number of hydrogen-bond donors (Lipinski definition) is 0. The van der Waals surface area contributed by atoms with E-state index in [9.17, 15) is 10.1 Å². The van der Waals surface area contributed by atoms with Crippen LogP contribution in [0.25, 0.3) is 0 Å². The Morgan fingerprint density at radius 2 is 2.33 bits per heavy atom. The van der Waals surface area contributed by atoms with Crippen LogP contribution in [0.4, 0.5) is 5.69 Å². The molecule has 1 aromatic rings. The molecule has 0 aliphatic heterocycles. The van der Waals surface area contributed by atoms with Crippen LogP contribution in [0, 0.1) is 10.1 Å². The highest BCUT2D eigenvalue weighted by Gasteiger charge is 2.14. The summed E-state index contributed by atoms with van der Waals surface area (Å²) in [6.07, 6.45) is 4.53. The topological polar surface area (TPSA) is 65.3 Å². The molecule has 82 valence electrons. The minimum atomic E-state index is -0.484. The molecule has 0 bridgehead atoms. The van der Waals surface area contributed by atoms with Crippen molar-refractivity contribution in [2.75, 3.05) is 6.61 Å². The van der Waals surface area contributed by atoms with Gasteiger partial charge in [-0.15, -0.1) is 0 Å². The largest absolute Gasteiger partial charge is 0.473 e. The van der Waals surface area contributed by atoms with E-state index in [-0.39, 0.29) is 11.6 Å². The van der Waals surface area contributed by atoms with E-state index in [0.29, 0.717) is 6.61 Å². The molecule has 1 rings (SSSR count). The highest BCUT2D eigenvalue weighted by atomic mass is 16.6. The number of hydrogen-bond acceptors (Lipinski definition) is 4. The van der Waals surface area contributed by atoms with Gasteiger partial charge in [-0.1, -0.05) is 19.8 Å². The van der Waals surface area contributed by atoms with Crippen molar-refractivity contribution in [2.24, 2.45) is 0 Å². The van der Waals surface area contributed by atoms with Crippen LogP contribution >= 0.6 is 0 Å². The Bertz CT molecular complexity index is 328. The first kappa shape index (κ1) is 11.4. The molecule has 0 fully saturated rings. The standard InChI is InChI=1S/C10H14N2O3/c1-2-3-4-8-15-10-9(12(13)14)6-5-7-11-10/h5-7H,2-4,8H2,1H3. The van der Waals surface area contributed by atoms with Gasteiger partial charge in [-0.3, -0.25) is 10.1 Å². The number of ether oxygens (including phenoxy) is 1. The summed E-state index contributed by atoms with van der Waals surface area (Å²) in [7, 11) is 0. The second-order valence-corrected chi connectivity index (χ2v) is 3.14. The molecule has 15 heavy (non-hydrogen) atoms. The van der Waals surface area contributed by atoms with Gasteiger partial charge in [0.05, 0.1) is 11.5 Å². The Hall–Kier alpha value is -1.65. The van der Waals surface area contributed by atoms with Gasteiger partial charge in [0.15, 0.2) is 0 Å². The molecule has 0 saturated heterocycles. The van der Waals surface area contributed by atoms with Crippen LogP contribution < -0.4 is 4.74 Å². The van der Waals surface area contributed by atoms with Gasteiger partial charge in [0.25, 0.3) is 5.88 Å². The lowest BCUT2D eigenvalue weighted by atomic mass is 10.3. The van der Waals surface area contributed by atoms with Crippen molar-refractivity contribution in [2.45, 2.75) is 26.2 Å². The molecule has 0 unspecified atom stereocenters. The molecule has 5 nitrogen and oxygen atoms in total. The normalized spacial score (nSPS) is 9.93. The van der Waals surface area contributed by atoms with E-state index >= 15 is 0 Å². The van der Waals surface area contributed by atoms with Crippen LogP contribution in [0.15, 0.2) is 18.3 Å². The molecule has 1 aromatic heterocycles. The predicted molar refractivity (Wildman–Crippen MR) is 55.9 cm³/mol. The Morgan fingerprint density at radius 1 is 1.53 bits per heavy atom. The zero-order valence-electron chi connectivity index (χ0n) is 8.68. The molecular formula is C10H14N2O3. The van der Waals surface area contributed by atoms with E-state index in [0.717, 1.165) is 19.3 Å². The first-order valence-electron chi connectivity index (χ1n) is 4.98. The van der Waals surface area contributed by atoms with Crippen LogP contribution in [-0.2, 0) is 0 Å². The fraction of sp³-hybridized carbons (Fsp3) is 0.500. The van der Waals surface area contributed by atoms with E-state index in [2.05, 4.69) is 11.9 Å². The number of pyridine rings is 1. The maximum Gasteiger partial charge on any atom is 0.330 e. The summed E-state index contributed by atoms with van der Waals surface area (Å²) in [6, 6.07) is 2.92. The average molecular weight is 210 g/mol. The van der Waals surface area contributed by atoms with Crippen molar-refractivity contribution in [3.05, 3.63) is 28.4 Å². The molecule has 0 amide bonds. The summed E-state index contributed by atoms with van der Waals surface area (Å²) in [5.41, 5.74) is -0.0750. The van der Waals surface area contributed by atoms with Crippen LogP contribution in [0.2, 0.25) is 0 Å². The SMILES string of the molecule is CCCCCOc1ncccc1[N+](=O)[O-]. The van der Waals surface area contributed by atoms with Crippen molar-refractivity contribution in [1.82, 2.24) is 4.98 Å². The molecule has 0 radical (unpaired) electrons. The summed E-state index contributed by atoms with van der Waals surface area (Å²) in [4.78, 5) is 13.9. The predicted octanol–water partition coefficient (Wildman–Crippen LogP) is 2.56. The van der Waals surface area contributed by atoms with Gasteiger partial charge in [0, 0.05) is 12.3 Å². The molecular weight excluding hydrogens is 196 g/mol. The third-order valence-electron chi connectivity index (χ3n) is 1.93. The number of aromatic nitrogens is 1. The molecule has 0 saturated carbocycles. The van der Waals surface area contributed by atoms with Gasteiger partial charge >= 0.3 is 5.69 Å². The second-order valence-electron chi connectivity index (χ2n) is 3.14. The van der Waals surface area contributed by atoms with Gasteiger partial charge in [-0.05, 0) is 12.5 Å². The van der Waals surface area contributed by atoms with E-state index in [1.165, 1.54) is 18.3 Å². The van der Waals surface area contributed by atoms with Crippen molar-refractivity contribution in [3.63, 3.8) is 0 Å². The average Bonchev–Trinajstić information content (AvgIpc) is 2.25. The van der Waals surface area contributed by atoms with Crippen LogP contribution in [0.3, 0.4) is 0 Å². The van der Waals surface area contributed by atoms with Gasteiger partial charge in [-0.25, -0.2) is 4.98 Å². The third kappa shape index (κ3) is 3.53. The Labute approximate surface area is 88.2 Å². The number of nitrogens with zero attached hydrogens (tertiary/aromatic N) is 2. The first-order chi connectivity index (χ1) is 7.25. The fourth-order valence-electron chi connectivity index (χ4n) is 1.15. The Morgan fingerprint density at radius 3 is 3.00 bits per heavy atom. The maximum atomic E-state index is 10.6. The summed E-state index contributed by atoms with van der Waals surface area (Å²) in [5, 5.41) is 10.6. The summed E-state index contributed by atoms with van der Waals surface area (Å²) in [6.45, 7) is 2.56. The first-order valence-corrected chi connectivity index (χ1v) is 4.98. The minimum Gasteiger partial charge on any atom is -0.473 e.